The van der Waals surface area contributed by atoms with Crippen LogP contribution in [0.25, 0.3) is 10.2 Å². The standard InChI is InChI=1S/C15H19N3O2S/c1-17(14(20)9-18-8-4-5-11(18)10-19)15-16-12-6-2-3-7-13(12)21-15/h2-3,6-7,11,19H,4-5,8-10H2,1H3. The van der Waals surface area contributed by atoms with Crippen LogP contribution in [0.5, 0.6) is 0 Å². The van der Waals surface area contributed by atoms with Crippen LogP contribution in [0.15, 0.2) is 24.3 Å². The van der Waals surface area contributed by atoms with Crippen molar-refractivity contribution in [2.45, 2.75) is 18.9 Å². The van der Waals surface area contributed by atoms with Crippen molar-refractivity contribution in [1.82, 2.24) is 9.88 Å². The lowest BCUT2D eigenvalue weighted by molar-refractivity contribution is -0.119. The predicted molar refractivity (Wildman–Crippen MR) is 84.7 cm³/mol. The van der Waals surface area contributed by atoms with Crippen LogP contribution in [0.4, 0.5) is 5.13 Å². The van der Waals surface area contributed by atoms with Gasteiger partial charge in [-0.1, -0.05) is 23.5 Å². The Labute approximate surface area is 127 Å². The Morgan fingerprint density at radius 2 is 2.33 bits per heavy atom. The Balaban J connectivity index is 1.72. The van der Waals surface area contributed by atoms with Gasteiger partial charge in [0.15, 0.2) is 5.13 Å². The van der Waals surface area contributed by atoms with Gasteiger partial charge in [0.2, 0.25) is 5.91 Å². The number of anilines is 1. The van der Waals surface area contributed by atoms with Crippen molar-refractivity contribution in [2.75, 3.05) is 31.6 Å². The quantitative estimate of drug-likeness (QED) is 0.934. The van der Waals surface area contributed by atoms with Gasteiger partial charge in [-0.2, -0.15) is 0 Å². The fourth-order valence-corrected chi connectivity index (χ4v) is 3.64. The summed E-state index contributed by atoms with van der Waals surface area (Å²) in [5, 5.41) is 10.0. The second kappa shape index (κ2) is 6.09. The Morgan fingerprint density at radius 3 is 3.10 bits per heavy atom. The van der Waals surface area contributed by atoms with Crippen molar-refractivity contribution in [3.8, 4) is 0 Å². The van der Waals surface area contributed by atoms with Crippen LogP contribution in [0.3, 0.4) is 0 Å². The highest BCUT2D eigenvalue weighted by molar-refractivity contribution is 7.22. The largest absolute Gasteiger partial charge is 0.395 e. The number of carbonyl (C=O) groups is 1. The number of aromatic nitrogens is 1. The third-order valence-electron chi connectivity index (χ3n) is 3.99. The molecule has 1 atom stereocenters. The van der Waals surface area contributed by atoms with E-state index >= 15 is 0 Å². The zero-order valence-electron chi connectivity index (χ0n) is 12.0. The lowest BCUT2D eigenvalue weighted by Crippen LogP contribution is -2.41. The number of likely N-dealkylation sites (N-methyl/N-ethyl adjacent to an activating group) is 1. The number of aliphatic hydroxyl groups is 1. The molecule has 0 saturated carbocycles. The molecule has 0 spiro atoms. The smallest absolute Gasteiger partial charge is 0.242 e. The summed E-state index contributed by atoms with van der Waals surface area (Å²) in [7, 11) is 1.77. The number of amides is 1. The number of hydrogen-bond acceptors (Lipinski definition) is 5. The van der Waals surface area contributed by atoms with Gasteiger partial charge < -0.3 is 5.11 Å². The number of likely N-dealkylation sites (tertiary alicyclic amines) is 1. The summed E-state index contributed by atoms with van der Waals surface area (Å²) in [4.78, 5) is 20.6. The fourth-order valence-electron chi connectivity index (χ4n) is 2.70. The summed E-state index contributed by atoms with van der Waals surface area (Å²) >= 11 is 1.52. The SMILES string of the molecule is CN(C(=O)CN1CCCC1CO)c1nc2ccccc2s1. The van der Waals surface area contributed by atoms with Crippen LogP contribution in [-0.4, -0.2) is 53.7 Å². The van der Waals surface area contributed by atoms with Crippen molar-refractivity contribution in [3.05, 3.63) is 24.3 Å². The van der Waals surface area contributed by atoms with Gasteiger partial charge in [0.1, 0.15) is 0 Å². The molecule has 0 bridgehead atoms. The van der Waals surface area contributed by atoms with E-state index in [1.807, 2.05) is 24.3 Å². The van der Waals surface area contributed by atoms with E-state index in [-0.39, 0.29) is 18.6 Å². The van der Waals surface area contributed by atoms with Gasteiger partial charge >= 0.3 is 0 Å². The fraction of sp³-hybridized carbons (Fsp3) is 0.467. The van der Waals surface area contributed by atoms with Crippen LogP contribution in [-0.2, 0) is 4.79 Å². The second-order valence-electron chi connectivity index (χ2n) is 5.37. The van der Waals surface area contributed by atoms with E-state index in [1.54, 1.807) is 11.9 Å². The molecule has 1 aromatic heterocycles. The zero-order chi connectivity index (χ0) is 14.8. The van der Waals surface area contributed by atoms with Gasteiger partial charge in [0, 0.05) is 13.1 Å². The van der Waals surface area contributed by atoms with Crippen LogP contribution < -0.4 is 4.90 Å². The Morgan fingerprint density at radius 1 is 1.52 bits per heavy atom. The Bertz CT molecular complexity index is 610. The molecule has 2 aromatic rings. The molecule has 6 heteroatoms. The van der Waals surface area contributed by atoms with Gasteiger partial charge in [-0.3, -0.25) is 14.6 Å². The molecule has 0 aliphatic carbocycles. The van der Waals surface area contributed by atoms with Crippen molar-refractivity contribution >= 4 is 32.6 Å². The van der Waals surface area contributed by atoms with Crippen molar-refractivity contribution in [2.24, 2.45) is 0 Å². The van der Waals surface area contributed by atoms with E-state index in [4.69, 9.17) is 0 Å². The number of fused-ring (bicyclic) bond motifs is 1. The lowest BCUT2D eigenvalue weighted by Gasteiger charge is -2.24. The monoisotopic (exact) mass is 305 g/mol. The van der Waals surface area contributed by atoms with E-state index in [9.17, 15) is 9.90 Å². The zero-order valence-corrected chi connectivity index (χ0v) is 12.8. The molecule has 5 nitrogen and oxygen atoms in total. The molecular formula is C15H19N3O2S. The van der Waals surface area contributed by atoms with Crippen LogP contribution in [0.1, 0.15) is 12.8 Å². The first kappa shape index (κ1) is 14.4. The number of benzene rings is 1. The van der Waals surface area contributed by atoms with Crippen molar-refractivity contribution in [3.63, 3.8) is 0 Å². The maximum atomic E-state index is 12.4. The maximum absolute atomic E-state index is 12.4. The topological polar surface area (TPSA) is 56.7 Å². The average Bonchev–Trinajstić information content (AvgIpc) is 3.11. The molecular weight excluding hydrogens is 286 g/mol. The van der Waals surface area contributed by atoms with Gasteiger partial charge in [-0.15, -0.1) is 0 Å². The van der Waals surface area contributed by atoms with Gasteiger partial charge in [-0.05, 0) is 31.5 Å². The maximum Gasteiger partial charge on any atom is 0.242 e. The third-order valence-corrected chi connectivity index (χ3v) is 5.10. The molecule has 1 aromatic carbocycles. The van der Waals surface area contributed by atoms with E-state index in [2.05, 4.69) is 9.88 Å². The van der Waals surface area contributed by atoms with E-state index in [0.717, 1.165) is 34.7 Å². The summed E-state index contributed by atoms with van der Waals surface area (Å²) < 4.78 is 1.08. The van der Waals surface area contributed by atoms with Gasteiger partial charge in [-0.25, -0.2) is 4.98 Å². The normalized spacial score (nSPS) is 19.2. The molecule has 1 saturated heterocycles. The van der Waals surface area contributed by atoms with E-state index in [1.165, 1.54) is 11.3 Å². The lowest BCUT2D eigenvalue weighted by atomic mass is 10.2. The predicted octanol–water partition coefficient (Wildman–Crippen LogP) is 1.72. The van der Waals surface area contributed by atoms with Gasteiger partial charge in [0.05, 0.1) is 23.4 Å². The highest BCUT2D eigenvalue weighted by Crippen LogP contribution is 2.28. The summed E-state index contributed by atoms with van der Waals surface area (Å²) in [6, 6.07) is 8.01. The molecule has 1 aliphatic heterocycles. The van der Waals surface area contributed by atoms with Gasteiger partial charge in [0.25, 0.3) is 0 Å². The Kier molecular flexibility index (Phi) is 4.19. The number of hydrogen-bond donors (Lipinski definition) is 1. The highest BCUT2D eigenvalue weighted by Gasteiger charge is 2.27. The van der Waals surface area contributed by atoms with Crippen LogP contribution in [0, 0.1) is 0 Å². The molecule has 112 valence electrons. The summed E-state index contributed by atoms with van der Waals surface area (Å²) in [6.07, 6.45) is 2.01. The second-order valence-corrected chi connectivity index (χ2v) is 6.38. The number of para-hydroxylation sites is 1. The first-order valence-electron chi connectivity index (χ1n) is 7.16. The minimum atomic E-state index is 0.0226. The molecule has 1 N–H and O–H groups in total. The average molecular weight is 305 g/mol. The van der Waals surface area contributed by atoms with Crippen LogP contribution in [0.2, 0.25) is 0 Å². The molecule has 1 fully saturated rings. The van der Waals surface area contributed by atoms with Crippen molar-refractivity contribution < 1.29 is 9.90 Å². The summed E-state index contributed by atoms with van der Waals surface area (Å²) in [5.41, 5.74) is 0.923. The molecule has 1 amide bonds. The first-order chi connectivity index (χ1) is 10.2. The Hall–Kier alpha value is -1.50. The molecule has 0 radical (unpaired) electrons. The molecule has 1 aliphatic rings. The number of rotatable bonds is 4. The molecule has 2 heterocycles. The van der Waals surface area contributed by atoms with Crippen LogP contribution >= 0.6 is 11.3 Å². The summed E-state index contributed by atoms with van der Waals surface area (Å²) in [6.45, 7) is 1.35. The van der Waals surface area contributed by atoms with E-state index in [0.29, 0.717) is 6.54 Å². The van der Waals surface area contributed by atoms with Crippen molar-refractivity contribution in [1.29, 1.82) is 0 Å². The molecule has 1 unspecified atom stereocenters. The minimum absolute atomic E-state index is 0.0226. The third kappa shape index (κ3) is 2.92. The number of carbonyl (C=O) groups excluding carboxylic acids is 1. The summed E-state index contributed by atoms with van der Waals surface area (Å²) in [5.74, 6) is 0.0226. The minimum Gasteiger partial charge on any atom is -0.395 e. The van der Waals surface area contributed by atoms with E-state index < -0.39 is 0 Å². The molecule has 21 heavy (non-hydrogen) atoms. The number of thiazole rings is 1. The first-order valence-corrected chi connectivity index (χ1v) is 7.97. The number of nitrogens with zero attached hydrogens (tertiary/aromatic N) is 3. The highest BCUT2D eigenvalue weighted by atomic mass is 32.1. The number of aliphatic hydroxyl groups excluding tert-OH is 1. The molecule has 3 rings (SSSR count).